The van der Waals surface area contributed by atoms with Crippen molar-refractivity contribution in [2.45, 2.75) is 37.7 Å². The van der Waals surface area contributed by atoms with E-state index in [1.54, 1.807) is 4.68 Å². The summed E-state index contributed by atoms with van der Waals surface area (Å²) >= 11 is 3.47. The van der Waals surface area contributed by atoms with Crippen molar-refractivity contribution in [3.8, 4) is 0 Å². The molecule has 0 amide bonds. The predicted molar refractivity (Wildman–Crippen MR) is 69.6 cm³/mol. The van der Waals surface area contributed by atoms with Crippen LogP contribution in [0.4, 0.5) is 0 Å². The summed E-state index contributed by atoms with van der Waals surface area (Å²) in [4.78, 5) is 0. The highest BCUT2D eigenvalue weighted by atomic mass is 79.9. The molecular weight excluding hydrogens is 294 g/mol. The second-order valence-corrected chi connectivity index (χ2v) is 7.23. The molecule has 0 aliphatic heterocycles. The van der Waals surface area contributed by atoms with Gasteiger partial charge in [-0.1, -0.05) is 5.21 Å². The van der Waals surface area contributed by atoms with Crippen molar-refractivity contribution < 1.29 is 5.11 Å². The smallest absolute Gasteiger partial charge is 0.154 e. The first kappa shape index (κ1) is 11.4. The molecule has 1 heterocycles. The van der Waals surface area contributed by atoms with Gasteiger partial charge in [0.05, 0.1) is 0 Å². The van der Waals surface area contributed by atoms with Gasteiger partial charge in [0, 0.05) is 7.05 Å². The van der Waals surface area contributed by atoms with E-state index in [-0.39, 0.29) is 0 Å². The van der Waals surface area contributed by atoms with Gasteiger partial charge in [0.15, 0.2) is 4.60 Å². The Morgan fingerprint density at radius 1 is 1.17 bits per heavy atom. The highest BCUT2D eigenvalue weighted by Gasteiger charge is 2.59. The number of hydrogen-bond acceptors (Lipinski definition) is 3. The van der Waals surface area contributed by atoms with Crippen LogP contribution >= 0.6 is 15.9 Å². The fourth-order valence-corrected chi connectivity index (χ4v) is 5.69. The summed E-state index contributed by atoms with van der Waals surface area (Å²) in [5.74, 6) is 2.52. The number of halogens is 1. The van der Waals surface area contributed by atoms with Crippen LogP contribution in [0.2, 0.25) is 0 Å². The van der Waals surface area contributed by atoms with Gasteiger partial charge in [-0.25, -0.2) is 4.68 Å². The summed E-state index contributed by atoms with van der Waals surface area (Å²) in [5.41, 5.74) is 0.195. The van der Waals surface area contributed by atoms with E-state index < -0.39 is 5.60 Å². The molecular formula is C13H18BrN3O. The van der Waals surface area contributed by atoms with Crippen LogP contribution in [-0.2, 0) is 12.6 Å². The van der Waals surface area contributed by atoms with Crippen LogP contribution < -0.4 is 0 Å². The Hall–Kier alpha value is -0.420. The van der Waals surface area contributed by atoms with Gasteiger partial charge in [0.1, 0.15) is 11.3 Å². The monoisotopic (exact) mass is 311 g/mol. The first-order valence-electron chi connectivity index (χ1n) is 6.87. The number of hydrogen-bond donors (Lipinski definition) is 1. The molecule has 4 nitrogen and oxygen atoms in total. The minimum absolute atomic E-state index is 0.405. The second-order valence-electron chi connectivity index (χ2n) is 6.48. The Bertz CT molecular complexity index is 451. The zero-order valence-corrected chi connectivity index (χ0v) is 12.1. The zero-order valence-electron chi connectivity index (χ0n) is 10.5. The highest BCUT2D eigenvalue weighted by molar-refractivity contribution is 9.10. The highest BCUT2D eigenvalue weighted by Crippen LogP contribution is 2.62. The van der Waals surface area contributed by atoms with E-state index in [0.29, 0.717) is 11.8 Å². The van der Waals surface area contributed by atoms with Gasteiger partial charge in [0.2, 0.25) is 0 Å². The van der Waals surface area contributed by atoms with E-state index in [2.05, 4.69) is 26.2 Å². The van der Waals surface area contributed by atoms with Gasteiger partial charge in [-0.05, 0) is 71.7 Å². The Labute approximate surface area is 115 Å². The molecule has 0 atom stereocenters. The number of nitrogens with zero attached hydrogens (tertiary/aromatic N) is 3. The molecule has 4 aliphatic carbocycles. The SMILES string of the molecule is Cn1nnc(Br)c1C1(O)C2CC3CC(C2)CC1C3. The van der Waals surface area contributed by atoms with Crippen LogP contribution in [0, 0.1) is 23.7 Å². The lowest BCUT2D eigenvalue weighted by Crippen LogP contribution is -2.56. The van der Waals surface area contributed by atoms with Gasteiger partial charge in [-0.3, -0.25) is 0 Å². The third-order valence-corrected chi connectivity index (χ3v) is 6.08. The summed E-state index contributed by atoms with van der Waals surface area (Å²) in [7, 11) is 1.89. The van der Waals surface area contributed by atoms with Crippen LogP contribution in [0.15, 0.2) is 4.60 Å². The topological polar surface area (TPSA) is 50.9 Å². The number of aliphatic hydroxyl groups is 1. The van der Waals surface area contributed by atoms with Crippen LogP contribution in [0.3, 0.4) is 0 Å². The minimum Gasteiger partial charge on any atom is -0.383 e. The number of rotatable bonds is 1. The minimum atomic E-state index is -0.704. The van der Waals surface area contributed by atoms with E-state index in [4.69, 9.17) is 0 Å². The standard InChI is InChI=1S/C13H18BrN3O/c1-17-11(12(14)15-16-17)13(18)9-3-7-2-8(5-9)6-10(13)4-7/h7-10,18H,2-6H2,1H3. The van der Waals surface area contributed by atoms with Crippen molar-refractivity contribution in [1.82, 2.24) is 15.0 Å². The normalized spacial score (nSPS) is 45.7. The molecule has 4 aliphatic rings. The maximum absolute atomic E-state index is 11.4. The summed E-state index contributed by atoms with van der Waals surface area (Å²) in [6, 6.07) is 0. The third-order valence-electron chi connectivity index (χ3n) is 5.55. The van der Waals surface area contributed by atoms with Crippen molar-refractivity contribution in [3.63, 3.8) is 0 Å². The average Bonchev–Trinajstić information content (AvgIpc) is 2.65. The molecule has 0 aromatic carbocycles. The van der Waals surface area contributed by atoms with Crippen molar-refractivity contribution in [2.24, 2.45) is 30.7 Å². The van der Waals surface area contributed by atoms with Crippen molar-refractivity contribution >= 4 is 15.9 Å². The summed E-state index contributed by atoms with van der Waals surface area (Å²) in [6.45, 7) is 0. The van der Waals surface area contributed by atoms with Crippen molar-refractivity contribution in [3.05, 3.63) is 10.3 Å². The summed E-state index contributed by atoms with van der Waals surface area (Å²) in [5, 5.41) is 19.5. The maximum atomic E-state index is 11.4. The Morgan fingerprint density at radius 3 is 2.17 bits per heavy atom. The van der Waals surface area contributed by atoms with Crippen molar-refractivity contribution in [1.29, 1.82) is 0 Å². The lowest BCUT2D eigenvalue weighted by atomic mass is 9.49. The quantitative estimate of drug-likeness (QED) is 0.865. The molecule has 0 unspecified atom stereocenters. The molecule has 18 heavy (non-hydrogen) atoms. The predicted octanol–water partition coefficient (Wildman–Crippen LogP) is 2.22. The van der Waals surface area contributed by atoms with Crippen molar-refractivity contribution in [2.75, 3.05) is 0 Å². The zero-order chi connectivity index (χ0) is 12.5. The van der Waals surface area contributed by atoms with Gasteiger partial charge in [-0.15, -0.1) is 5.10 Å². The first-order valence-corrected chi connectivity index (χ1v) is 7.66. The lowest BCUT2D eigenvalue weighted by molar-refractivity contribution is -0.183. The van der Waals surface area contributed by atoms with Gasteiger partial charge in [-0.2, -0.15) is 0 Å². The molecule has 0 spiro atoms. The molecule has 4 saturated carbocycles. The fourth-order valence-electron chi connectivity index (χ4n) is 5.05. The molecule has 4 bridgehead atoms. The summed E-state index contributed by atoms with van der Waals surface area (Å²) < 4.78 is 2.48. The maximum Gasteiger partial charge on any atom is 0.154 e. The molecule has 4 fully saturated rings. The fraction of sp³-hybridized carbons (Fsp3) is 0.846. The van der Waals surface area contributed by atoms with Crippen LogP contribution in [0.25, 0.3) is 0 Å². The van der Waals surface area contributed by atoms with Crippen LogP contribution in [0.5, 0.6) is 0 Å². The van der Waals surface area contributed by atoms with E-state index in [9.17, 15) is 5.11 Å². The molecule has 1 aromatic rings. The van der Waals surface area contributed by atoms with E-state index >= 15 is 0 Å². The Morgan fingerprint density at radius 2 is 1.72 bits per heavy atom. The largest absolute Gasteiger partial charge is 0.383 e. The van der Waals surface area contributed by atoms with Gasteiger partial charge >= 0.3 is 0 Å². The molecule has 0 radical (unpaired) electrons. The van der Waals surface area contributed by atoms with Crippen LogP contribution in [-0.4, -0.2) is 20.1 Å². The number of aromatic nitrogens is 3. The Balaban J connectivity index is 1.84. The molecule has 1 aromatic heterocycles. The number of aryl methyl sites for hydroxylation is 1. The molecule has 0 saturated heterocycles. The molecule has 5 heteroatoms. The molecule has 98 valence electrons. The van der Waals surface area contributed by atoms with Crippen LogP contribution in [0.1, 0.15) is 37.8 Å². The third kappa shape index (κ3) is 1.29. The van der Waals surface area contributed by atoms with E-state index in [0.717, 1.165) is 22.1 Å². The van der Waals surface area contributed by atoms with Gasteiger partial charge < -0.3 is 5.11 Å². The first-order chi connectivity index (χ1) is 8.59. The van der Waals surface area contributed by atoms with E-state index in [1.165, 1.54) is 32.1 Å². The van der Waals surface area contributed by atoms with Gasteiger partial charge in [0.25, 0.3) is 0 Å². The lowest BCUT2D eigenvalue weighted by Gasteiger charge is -2.58. The Kier molecular flexibility index (Phi) is 2.26. The molecule has 1 N–H and O–H groups in total. The van der Waals surface area contributed by atoms with E-state index in [1.807, 2.05) is 7.05 Å². The second kappa shape index (κ2) is 3.57. The molecule has 5 rings (SSSR count). The summed E-state index contributed by atoms with van der Waals surface area (Å²) in [6.07, 6.45) is 6.12. The average molecular weight is 312 g/mol.